The third-order valence-corrected chi connectivity index (χ3v) is 4.82. The molecule has 3 heterocycles. The molecule has 0 aliphatic carbocycles. The van der Waals surface area contributed by atoms with Crippen LogP contribution in [0.15, 0.2) is 18.6 Å². The molecule has 10 nitrogen and oxygen atoms in total. The van der Waals surface area contributed by atoms with Gasteiger partial charge in [0, 0.05) is 27.0 Å². The zero-order valence-corrected chi connectivity index (χ0v) is 17.0. The average Bonchev–Trinajstić information content (AvgIpc) is 3.13. The molecule has 1 aliphatic heterocycles. The van der Waals surface area contributed by atoms with E-state index in [1.807, 2.05) is 0 Å². The molecular weight excluding hydrogens is 406 g/mol. The Labute approximate surface area is 171 Å². The minimum Gasteiger partial charge on any atom is -0.463 e. The number of ether oxygens (including phenoxy) is 4. The van der Waals surface area contributed by atoms with Crippen molar-refractivity contribution in [1.82, 2.24) is 14.5 Å². The summed E-state index contributed by atoms with van der Waals surface area (Å²) in [6, 6.07) is 1.69. The van der Waals surface area contributed by atoms with Gasteiger partial charge in [0.25, 0.3) is 0 Å². The van der Waals surface area contributed by atoms with Crippen LogP contribution in [0.3, 0.4) is 0 Å². The van der Waals surface area contributed by atoms with E-state index in [0.29, 0.717) is 11.0 Å². The molecule has 0 saturated carbocycles. The van der Waals surface area contributed by atoms with Crippen molar-refractivity contribution in [2.24, 2.45) is 0 Å². The van der Waals surface area contributed by atoms with Crippen molar-refractivity contribution in [3.63, 3.8) is 0 Å². The van der Waals surface area contributed by atoms with Crippen molar-refractivity contribution >= 4 is 40.5 Å². The molecule has 156 valence electrons. The molecule has 3 rings (SSSR count). The summed E-state index contributed by atoms with van der Waals surface area (Å²) in [5.74, 6) is -1.73. The number of carbonyl (C=O) groups is 3. The lowest BCUT2D eigenvalue weighted by molar-refractivity contribution is -0.184. The molecule has 0 bridgehead atoms. The molecule has 4 atom stereocenters. The van der Waals surface area contributed by atoms with Crippen LogP contribution in [-0.4, -0.2) is 56.9 Å². The first-order valence-electron chi connectivity index (χ1n) is 8.76. The third-order valence-electron chi connectivity index (χ3n) is 4.52. The molecular formula is C18H20ClN3O7. The van der Waals surface area contributed by atoms with Crippen LogP contribution in [0.2, 0.25) is 5.15 Å². The maximum atomic E-state index is 11.9. The Balaban J connectivity index is 2.09. The van der Waals surface area contributed by atoms with Crippen LogP contribution in [-0.2, 0) is 33.3 Å². The van der Waals surface area contributed by atoms with Crippen molar-refractivity contribution < 1.29 is 33.3 Å². The van der Waals surface area contributed by atoms with Crippen molar-refractivity contribution in [1.29, 1.82) is 0 Å². The molecule has 0 spiro atoms. The van der Waals surface area contributed by atoms with Crippen LogP contribution < -0.4 is 0 Å². The summed E-state index contributed by atoms with van der Waals surface area (Å²) in [5.41, 5.74) is -1.01. The second kappa shape index (κ2) is 7.96. The predicted octanol–water partition coefficient (Wildman–Crippen LogP) is 1.80. The number of esters is 3. The van der Waals surface area contributed by atoms with Gasteiger partial charge in [-0.05, 0) is 13.0 Å². The van der Waals surface area contributed by atoms with Crippen LogP contribution >= 0.6 is 11.6 Å². The summed E-state index contributed by atoms with van der Waals surface area (Å²) in [7, 11) is 0. The largest absolute Gasteiger partial charge is 0.463 e. The van der Waals surface area contributed by atoms with Gasteiger partial charge in [-0.2, -0.15) is 0 Å². The van der Waals surface area contributed by atoms with Gasteiger partial charge in [-0.15, -0.1) is 0 Å². The average molecular weight is 426 g/mol. The molecule has 0 amide bonds. The summed E-state index contributed by atoms with van der Waals surface area (Å²) in [5, 5.41) is 0.810. The summed E-state index contributed by atoms with van der Waals surface area (Å²) in [4.78, 5) is 43.1. The first-order chi connectivity index (χ1) is 13.6. The van der Waals surface area contributed by atoms with Crippen LogP contribution in [0.4, 0.5) is 0 Å². The highest BCUT2D eigenvalue weighted by Crippen LogP contribution is 2.44. The Morgan fingerprint density at radius 2 is 1.93 bits per heavy atom. The monoisotopic (exact) mass is 425 g/mol. The normalized spacial score (nSPS) is 26.3. The fourth-order valence-electron chi connectivity index (χ4n) is 3.47. The van der Waals surface area contributed by atoms with E-state index >= 15 is 0 Å². The molecule has 1 aliphatic rings. The van der Waals surface area contributed by atoms with Gasteiger partial charge in [0.05, 0.1) is 5.39 Å². The van der Waals surface area contributed by atoms with Crippen LogP contribution in [0, 0.1) is 0 Å². The lowest BCUT2D eigenvalue weighted by Crippen LogP contribution is -2.50. The van der Waals surface area contributed by atoms with Gasteiger partial charge >= 0.3 is 17.9 Å². The third kappa shape index (κ3) is 4.03. The molecule has 0 N–H and O–H groups in total. The summed E-state index contributed by atoms with van der Waals surface area (Å²) < 4.78 is 23.7. The van der Waals surface area contributed by atoms with E-state index in [4.69, 9.17) is 30.5 Å². The Hall–Kier alpha value is -2.72. The summed E-state index contributed by atoms with van der Waals surface area (Å²) >= 11 is 6.13. The molecule has 1 saturated heterocycles. The van der Waals surface area contributed by atoms with Gasteiger partial charge in [0.1, 0.15) is 29.8 Å². The number of hydrogen-bond acceptors (Lipinski definition) is 9. The van der Waals surface area contributed by atoms with E-state index in [-0.39, 0.29) is 11.8 Å². The topological polar surface area (TPSA) is 119 Å². The highest BCUT2D eigenvalue weighted by atomic mass is 35.5. The van der Waals surface area contributed by atoms with Gasteiger partial charge in [0.2, 0.25) is 0 Å². The van der Waals surface area contributed by atoms with Crippen molar-refractivity contribution in [3.8, 4) is 0 Å². The fraction of sp³-hybridized carbons (Fsp3) is 0.500. The van der Waals surface area contributed by atoms with E-state index in [2.05, 4.69) is 9.97 Å². The molecule has 2 aromatic rings. The quantitative estimate of drug-likeness (QED) is 0.401. The van der Waals surface area contributed by atoms with Crippen LogP contribution in [0.5, 0.6) is 0 Å². The number of fused-ring (bicyclic) bond motifs is 1. The standard InChI is InChI=1S/C18H20ClN3O7/c1-9(23)26-7-13-14(27-10(2)24)18(4,29-11(3)25)17(28-13)22-6-5-12-15(19)20-8-21-16(12)22/h5-6,8,13-14,17H,7H2,1-4H3/t13-,14-,17-,18-/m1/s1. The van der Waals surface area contributed by atoms with E-state index < -0.39 is 41.9 Å². The minimum atomic E-state index is -1.44. The molecule has 0 unspecified atom stereocenters. The van der Waals surface area contributed by atoms with Gasteiger partial charge in [-0.3, -0.25) is 14.4 Å². The smallest absolute Gasteiger partial charge is 0.303 e. The van der Waals surface area contributed by atoms with Gasteiger partial charge in [-0.1, -0.05) is 11.6 Å². The molecule has 29 heavy (non-hydrogen) atoms. The van der Waals surface area contributed by atoms with Crippen molar-refractivity contribution in [2.75, 3.05) is 6.61 Å². The second-order valence-corrected chi connectivity index (χ2v) is 7.12. The number of aromatic nitrogens is 3. The summed E-state index contributed by atoms with van der Waals surface area (Å²) in [6.45, 7) is 5.09. The summed E-state index contributed by atoms with van der Waals surface area (Å²) in [6.07, 6.45) is 0.0743. The maximum Gasteiger partial charge on any atom is 0.303 e. The SMILES string of the molecule is CC(=O)OC[C@H]1O[C@@H](n2ccc3c(Cl)ncnc32)[C@](C)(OC(C)=O)[C@@H]1OC(C)=O. The Morgan fingerprint density at radius 1 is 1.21 bits per heavy atom. The minimum absolute atomic E-state index is 0.199. The van der Waals surface area contributed by atoms with Crippen LogP contribution in [0.1, 0.15) is 33.9 Å². The highest BCUT2D eigenvalue weighted by Gasteiger charge is 2.60. The van der Waals surface area contributed by atoms with E-state index in [0.717, 1.165) is 0 Å². The van der Waals surface area contributed by atoms with Gasteiger partial charge in [0.15, 0.2) is 17.9 Å². The lowest BCUT2D eigenvalue weighted by Gasteiger charge is -2.34. The zero-order valence-electron chi connectivity index (χ0n) is 16.2. The zero-order chi connectivity index (χ0) is 21.3. The molecule has 11 heteroatoms. The number of halogens is 1. The van der Waals surface area contributed by atoms with E-state index in [9.17, 15) is 14.4 Å². The fourth-order valence-corrected chi connectivity index (χ4v) is 3.66. The highest BCUT2D eigenvalue weighted by molar-refractivity contribution is 6.33. The Morgan fingerprint density at radius 3 is 2.55 bits per heavy atom. The van der Waals surface area contributed by atoms with Gasteiger partial charge < -0.3 is 23.5 Å². The Bertz CT molecular complexity index is 962. The second-order valence-electron chi connectivity index (χ2n) is 6.76. The van der Waals surface area contributed by atoms with Crippen molar-refractivity contribution in [2.45, 2.75) is 51.7 Å². The van der Waals surface area contributed by atoms with E-state index in [1.165, 1.54) is 27.1 Å². The van der Waals surface area contributed by atoms with Crippen LogP contribution in [0.25, 0.3) is 11.0 Å². The number of carbonyl (C=O) groups excluding carboxylic acids is 3. The number of rotatable bonds is 5. The molecule has 2 aromatic heterocycles. The molecule has 0 radical (unpaired) electrons. The first-order valence-corrected chi connectivity index (χ1v) is 9.14. The molecule has 0 aromatic carbocycles. The van der Waals surface area contributed by atoms with Crippen molar-refractivity contribution in [3.05, 3.63) is 23.7 Å². The predicted molar refractivity (Wildman–Crippen MR) is 98.8 cm³/mol. The van der Waals surface area contributed by atoms with Gasteiger partial charge in [-0.25, -0.2) is 9.97 Å². The maximum absolute atomic E-state index is 11.9. The first kappa shape index (κ1) is 21.0. The lowest BCUT2D eigenvalue weighted by atomic mass is 9.95. The Kier molecular flexibility index (Phi) is 5.76. The van der Waals surface area contributed by atoms with E-state index in [1.54, 1.807) is 23.8 Å². The molecule has 1 fully saturated rings. The number of nitrogens with zero attached hydrogens (tertiary/aromatic N) is 3. The number of hydrogen-bond donors (Lipinski definition) is 0.